The lowest BCUT2D eigenvalue weighted by Gasteiger charge is -2.07. The van der Waals surface area contributed by atoms with Gasteiger partial charge in [0, 0.05) is 24.0 Å². The molecule has 126 valence electrons. The summed E-state index contributed by atoms with van der Waals surface area (Å²) < 4.78 is 7.38. The Hall–Kier alpha value is -2.13. The second-order valence-corrected chi connectivity index (χ2v) is 7.18. The van der Waals surface area contributed by atoms with E-state index in [4.69, 9.17) is 10.2 Å². The maximum Gasteiger partial charge on any atom is 0.217 e. The number of carbonyl (C=O) groups excluding carboxylic acids is 1. The van der Waals surface area contributed by atoms with Crippen molar-refractivity contribution < 1.29 is 9.21 Å². The molecule has 0 atom stereocenters. The molecule has 0 aromatic carbocycles. The SMILES string of the molecule is Cc1nc(CSc2nnc(CCC(N)=O)n2Cc2ccco2)cs1. The number of primary amides is 1. The van der Waals surface area contributed by atoms with E-state index in [2.05, 4.69) is 15.2 Å². The Morgan fingerprint density at radius 1 is 1.46 bits per heavy atom. The molecule has 3 rings (SSSR count). The highest BCUT2D eigenvalue weighted by Crippen LogP contribution is 2.24. The van der Waals surface area contributed by atoms with Crippen LogP contribution in [0.3, 0.4) is 0 Å². The molecule has 2 N–H and O–H groups in total. The van der Waals surface area contributed by atoms with Crippen molar-refractivity contribution in [2.45, 2.75) is 37.2 Å². The van der Waals surface area contributed by atoms with Crippen LogP contribution < -0.4 is 5.73 Å². The van der Waals surface area contributed by atoms with Gasteiger partial charge in [0.2, 0.25) is 5.91 Å². The van der Waals surface area contributed by atoms with Crippen LogP contribution in [-0.2, 0) is 23.5 Å². The fourth-order valence-corrected chi connectivity index (χ4v) is 3.74. The molecule has 0 fully saturated rings. The molecule has 0 saturated carbocycles. The summed E-state index contributed by atoms with van der Waals surface area (Å²) in [5.41, 5.74) is 6.26. The first-order valence-electron chi connectivity index (χ1n) is 7.38. The van der Waals surface area contributed by atoms with Gasteiger partial charge in [0.15, 0.2) is 5.16 Å². The summed E-state index contributed by atoms with van der Waals surface area (Å²) in [5, 5.41) is 12.3. The Balaban J connectivity index is 1.77. The van der Waals surface area contributed by atoms with Gasteiger partial charge < -0.3 is 10.2 Å². The summed E-state index contributed by atoms with van der Waals surface area (Å²) in [7, 11) is 0. The number of nitrogens with zero attached hydrogens (tertiary/aromatic N) is 4. The molecular formula is C15H17N5O2S2. The third-order valence-electron chi connectivity index (χ3n) is 3.30. The number of furan rings is 1. The van der Waals surface area contributed by atoms with Crippen molar-refractivity contribution in [3.63, 3.8) is 0 Å². The first-order valence-corrected chi connectivity index (χ1v) is 9.25. The van der Waals surface area contributed by atoms with Gasteiger partial charge in [-0.3, -0.25) is 9.36 Å². The molecular weight excluding hydrogens is 346 g/mol. The van der Waals surface area contributed by atoms with Gasteiger partial charge in [0.25, 0.3) is 0 Å². The Kier molecular flexibility index (Phi) is 5.31. The zero-order chi connectivity index (χ0) is 16.9. The van der Waals surface area contributed by atoms with Crippen LogP contribution in [0.1, 0.15) is 28.7 Å². The smallest absolute Gasteiger partial charge is 0.217 e. The van der Waals surface area contributed by atoms with Crippen LogP contribution in [0.4, 0.5) is 0 Å². The van der Waals surface area contributed by atoms with Crippen molar-refractivity contribution in [2.24, 2.45) is 5.73 Å². The van der Waals surface area contributed by atoms with E-state index in [1.807, 2.05) is 29.0 Å². The van der Waals surface area contributed by atoms with E-state index in [1.54, 1.807) is 29.4 Å². The summed E-state index contributed by atoms with van der Waals surface area (Å²) in [6, 6.07) is 3.74. The topological polar surface area (TPSA) is 99.8 Å². The number of hydrogen-bond acceptors (Lipinski definition) is 7. The van der Waals surface area contributed by atoms with Crippen molar-refractivity contribution in [1.82, 2.24) is 19.7 Å². The molecule has 9 heteroatoms. The van der Waals surface area contributed by atoms with Gasteiger partial charge in [-0.15, -0.1) is 21.5 Å². The van der Waals surface area contributed by atoms with Gasteiger partial charge in [0.05, 0.1) is 23.5 Å². The van der Waals surface area contributed by atoms with Gasteiger partial charge in [-0.05, 0) is 19.1 Å². The highest BCUT2D eigenvalue weighted by molar-refractivity contribution is 7.98. The normalized spacial score (nSPS) is 11.0. The van der Waals surface area contributed by atoms with Gasteiger partial charge in [-0.1, -0.05) is 11.8 Å². The Bertz CT molecular complexity index is 810. The standard InChI is InChI=1S/C15H17N5O2S2/c1-10-17-11(8-23-10)9-24-15-19-18-14(5-4-13(16)21)20(15)7-12-3-2-6-22-12/h2-3,6,8H,4-5,7,9H2,1H3,(H2,16,21). The molecule has 0 aliphatic rings. The van der Waals surface area contributed by atoms with Crippen LogP contribution >= 0.6 is 23.1 Å². The summed E-state index contributed by atoms with van der Waals surface area (Å²) in [6.07, 6.45) is 2.33. The minimum atomic E-state index is -0.352. The fraction of sp³-hybridized carbons (Fsp3) is 0.333. The second kappa shape index (κ2) is 7.63. The maximum atomic E-state index is 11.1. The number of aryl methyl sites for hydroxylation is 2. The van der Waals surface area contributed by atoms with Crippen LogP contribution in [0.2, 0.25) is 0 Å². The van der Waals surface area contributed by atoms with Crippen LogP contribution in [0, 0.1) is 6.92 Å². The Labute approximate surface area is 147 Å². The molecule has 0 saturated heterocycles. The van der Waals surface area contributed by atoms with Crippen LogP contribution in [-0.4, -0.2) is 25.7 Å². The highest BCUT2D eigenvalue weighted by Gasteiger charge is 2.15. The largest absolute Gasteiger partial charge is 0.467 e. The number of hydrogen-bond donors (Lipinski definition) is 1. The van der Waals surface area contributed by atoms with Gasteiger partial charge in [0.1, 0.15) is 11.6 Å². The molecule has 1 amide bonds. The van der Waals surface area contributed by atoms with Gasteiger partial charge in [-0.25, -0.2) is 4.98 Å². The van der Waals surface area contributed by atoms with Crippen molar-refractivity contribution in [1.29, 1.82) is 0 Å². The van der Waals surface area contributed by atoms with Crippen molar-refractivity contribution in [2.75, 3.05) is 0 Å². The van der Waals surface area contributed by atoms with E-state index in [-0.39, 0.29) is 12.3 Å². The summed E-state index contributed by atoms with van der Waals surface area (Å²) >= 11 is 3.20. The van der Waals surface area contributed by atoms with E-state index in [9.17, 15) is 4.79 Å². The van der Waals surface area contributed by atoms with Crippen LogP contribution in [0.15, 0.2) is 33.3 Å². The number of nitrogens with two attached hydrogens (primary N) is 1. The number of thiazole rings is 1. The second-order valence-electron chi connectivity index (χ2n) is 5.18. The number of amides is 1. The lowest BCUT2D eigenvalue weighted by Crippen LogP contribution is -2.14. The molecule has 24 heavy (non-hydrogen) atoms. The molecule has 0 aliphatic heterocycles. The first-order chi connectivity index (χ1) is 11.6. The van der Waals surface area contributed by atoms with E-state index in [0.717, 1.165) is 33.2 Å². The van der Waals surface area contributed by atoms with Crippen LogP contribution in [0.25, 0.3) is 0 Å². The van der Waals surface area contributed by atoms with E-state index in [1.165, 1.54) is 0 Å². The molecule has 0 spiro atoms. The van der Waals surface area contributed by atoms with E-state index in [0.29, 0.717) is 13.0 Å². The minimum Gasteiger partial charge on any atom is -0.467 e. The van der Waals surface area contributed by atoms with Gasteiger partial charge >= 0.3 is 0 Å². The lowest BCUT2D eigenvalue weighted by atomic mass is 10.3. The maximum absolute atomic E-state index is 11.1. The van der Waals surface area contributed by atoms with E-state index < -0.39 is 0 Å². The number of aromatic nitrogens is 4. The molecule has 3 aromatic rings. The monoisotopic (exact) mass is 363 g/mol. The Morgan fingerprint density at radius 2 is 2.33 bits per heavy atom. The van der Waals surface area contributed by atoms with Crippen LogP contribution in [0.5, 0.6) is 0 Å². The van der Waals surface area contributed by atoms with Crippen molar-refractivity contribution in [3.8, 4) is 0 Å². The zero-order valence-corrected chi connectivity index (χ0v) is 14.8. The molecule has 3 aromatic heterocycles. The zero-order valence-electron chi connectivity index (χ0n) is 13.1. The molecule has 7 nitrogen and oxygen atoms in total. The third kappa shape index (κ3) is 4.24. The molecule has 0 aliphatic carbocycles. The molecule has 0 unspecified atom stereocenters. The average Bonchev–Trinajstić information content (AvgIpc) is 3.26. The first kappa shape index (κ1) is 16.7. The number of rotatable bonds is 8. The molecule has 0 radical (unpaired) electrons. The Morgan fingerprint density at radius 3 is 3.00 bits per heavy atom. The third-order valence-corrected chi connectivity index (χ3v) is 5.12. The lowest BCUT2D eigenvalue weighted by molar-refractivity contribution is -0.118. The predicted octanol–water partition coefficient (Wildman–Crippen LogP) is 2.39. The van der Waals surface area contributed by atoms with E-state index >= 15 is 0 Å². The number of carbonyl (C=O) groups is 1. The highest BCUT2D eigenvalue weighted by atomic mass is 32.2. The number of thioether (sulfide) groups is 1. The predicted molar refractivity (Wildman–Crippen MR) is 91.8 cm³/mol. The van der Waals surface area contributed by atoms with Crippen molar-refractivity contribution in [3.05, 3.63) is 46.1 Å². The quantitative estimate of drug-likeness (QED) is 0.617. The van der Waals surface area contributed by atoms with Crippen molar-refractivity contribution >= 4 is 29.0 Å². The fourth-order valence-electron chi connectivity index (χ4n) is 2.18. The molecule has 0 bridgehead atoms. The summed E-state index contributed by atoms with van der Waals surface area (Å²) in [4.78, 5) is 15.5. The summed E-state index contributed by atoms with van der Waals surface area (Å²) in [5.74, 6) is 1.90. The summed E-state index contributed by atoms with van der Waals surface area (Å²) in [6.45, 7) is 2.51. The minimum absolute atomic E-state index is 0.242. The molecule has 3 heterocycles. The van der Waals surface area contributed by atoms with Gasteiger partial charge in [-0.2, -0.15) is 0 Å². The average molecular weight is 363 g/mol.